The van der Waals surface area contributed by atoms with Gasteiger partial charge < -0.3 is 4.74 Å². The van der Waals surface area contributed by atoms with E-state index in [9.17, 15) is 0 Å². The molecule has 1 rings (SSSR count). The van der Waals surface area contributed by atoms with Gasteiger partial charge in [0.25, 0.3) is 0 Å². The van der Waals surface area contributed by atoms with Crippen LogP contribution in [0.2, 0.25) is 0 Å². The number of unbranched alkanes of at least 4 members (excludes halogenated alkanes) is 5. The smallest absolute Gasteiger partial charge is 0.382 e. The largest absolute Gasteiger partial charge is 0.444 e. The van der Waals surface area contributed by atoms with Crippen LogP contribution in [-0.4, -0.2) is 6.61 Å². The molecule has 0 aliphatic rings. The molecule has 0 bridgehead atoms. The lowest BCUT2D eigenvalue weighted by Crippen LogP contribution is -2.24. The van der Waals surface area contributed by atoms with Crippen molar-refractivity contribution in [1.82, 2.24) is 0 Å². The highest BCUT2D eigenvalue weighted by Crippen LogP contribution is 2.08. The van der Waals surface area contributed by atoms with Gasteiger partial charge in [0.1, 0.15) is 11.5 Å². The third-order valence-electron chi connectivity index (χ3n) is 2.49. The summed E-state index contributed by atoms with van der Waals surface area (Å²) in [5.41, 5.74) is 0. The molecule has 0 radical (unpaired) electrons. The van der Waals surface area contributed by atoms with Gasteiger partial charge in [-0.3, -0.25) is 0 Å². The maximum atomic E-state index is 5.66. The van der Waals surface area contributed by atoms with Gasteiger partial charge in [0, 0.05) is 0 Å². The van der Waals surface area contributed by atoms with Crippen molar-refractivity contribution in [2.75, 3.05) is 6.61 Å². The van der Waals surface area contributed by atoms with E-state index >= 15 is 0 Å². The molecule has 86 valence electrons. The predicted octanol–water partition coefficient (Wildman–Crippen LogP) is 3.31. The Morgan fingerprint density at radius 2 is 1.93 bits per heavy atom. The fourth-order valence-electron chi connectivity index (χ4n) is 1.53. The molecule has 1 aromatic rings. The summed E-state index contributed by atoms with van der Waals surface area (Å²) in [7, 11) is 2.03. The Bertz CT molecular complexity index is 260. The van der Waals surface area contributed by atoms with Crippen molar-refractivity contribution < 1.29 is 8.69 Å². The monoisotopic (exact) mass is 228 g/mol. The van der Waals surface area contributed by atoms with Gasteiger partial charge in [-0.1, -0.05) is 39.0 Å². The highest BCUT2D eigenvalue weighted by atomic mass is 32.1. The van der Waals surface area contributed by atoms with Gasteiger partial charge >= 0.3 is 5.88 Å². The van der Waals surface area contributed by atoms with E-state index in [1.165, 1.54) is 38.5 Å². The van der Waals surface area contributed by atoms with Crippen LogP contribution in [-0.2, 0) is 7.05 Å². The zero-order chi connectivity index (χ0) is 10.9. The number of aromatic nitrogens is 1. The molecule has 0 aliphatic carbocycles. The van der Waals surface area contributed by atoms with Gasteiger partial charge in [-0.25, -0.2) is 0 Å². The third-order valence-corrected chi connectivity index (χ3v) is 3.24. The molecule has 0 saturated heterocycles. The Balaban J connectivity index is 1.96. The van der Waals surface area contributed by atoms with Crippen molar-refractivity contribution in [3.8, 4) is 5.88 Å². The number of rotatable bonds is 8. The SMILES string of the molecule is CCCCCCCCOc1ccs[n+]1C. The first kappa shape index (κ1) is 12.5. The van der Waals surface area contributed by atoms with Crippen molar-refractivity contribution in [3.05, 3.63) is 11.4 Å². The van der Waals surface area contributed by atoms with E-state index in [1.54, 1.807) is 11.5 Å². The molecule has 0 saturated carbocycles. The Labute approximate surface area is 97.0 Å². The Kier molecular flexibility index (Phi) is 6.41. The van der Waals surface area contributed by atoms with E-state index in [1.807, 2.05) is 13.1 Å². The first-order chi connectivity index (χ1) is 7.34. The summed E-state index contributed by atoms with van der Waals surface area (Å²) < 4.78 is 7.71. The van der Waals surface area contributed by atoms with Gasteiger partial charge in [-0.05, 0) is 6.42 Å². The van der Waals surface area contributed by atoms with E-state index in [2.05, 4.69) is 16.3 Å². The standard InChI is InChI=1S/C12H22NOS/c1-3-4-5-6-7-8-10-14-12-9-11-15-13(12)2/h9,11H,3-8,10H2,1-2H3/q+1. The summed E-state index contributed by atoms with van der Waals surface area (Å²) in [5, 5.41) is 2.05. The Hall–Kier alpha value is -0.570. The molecule has 1 heterocycles. The molecule has 3 heteroatoms. The topological polar surface area (TPSA) is 13.1 Å². The van der Waals surface area contributed by atoms with Crippen LogP contribution in [0.4, 0.5) is 0 Å². The van der Waals surface area contributed by atoms with Gasteiger partial charge in [0.05, 0.1) is 18.1 Å². The number of nitrogens with zero attached hydrogens (tertiary/aromatic N) is 1. The summed E-state index contributed by atoms with van der Waals surface area (Å²) >= 11 is 1.67. The van der Waals surface area contributed by atoms with Crippen LogP contribution in [0, 0.1) is 0 Å². The van der Waals surface area contributed by atoms with Crippen LogP contribution in [0.25, 0.3) is 0 Å². The normalized spacial score (nSPS) is 10.5. The number of aryl methyl sites for hydroxylation is 1. The molecule has 0 N–H and O–H groups in total. The minimum atomic E-state index is 0.858. The number of hydrogen-bond donors (Lipinski definition) is 0. The lowest BCUT2D eigenvalue weighted by Gasteiger charge is -2.01. The Morgan fingerprint density at radius 3 is 2.60 bits per heavy atom. The van der Waals surface area contributed by atoms with Crippen molar-refractivity contribution in [1.29, 1.82) is 0 Å². The molecule has 0 fully saturated rings. The lowest BCUT2D eigenvalue weighted by molar-refractivity contribution is -0.608. The van der Waals surface area contributed by atoms with Crippen LogP contribution < -0.4 is 8.69 Å². The highest BCUT2D eigenvalue weighted by Gasteiger charge is 2.07. The molecular formula is C12H22NOS+. The summed E-state index contributed by atoms with van der Waals surface area (Å²) in [6.07, 6.45) is 7.91. The fourth-order valence-corrected chi connectivity index (χ4v) is 2.11. The molecule has 0 atom stereocenters. The molecule has 0 aliphatic heterocycles. The molecular weight excluding hydrogens is 206 g/mol. The van der Waals surface area contributed by atoms with Crippen LogP contribution in [0.5, 0.6) is 5.88 Å². The summed E-state index contributed by atoms with van der Waals surface area (Å²) in [5.74, 6) is 0.994. The molecule has 1 aromatic heterocycles. The Morgan fingerprint density at radius 1 is 1.20 bits per heavy atom. The average molecular weight is 228 g/mol. The first-order valence-corrected chi connectivity index (χ1v) is 6.75. The van der Waals surface area contributed by atoms with Gasteiger partial charge in [-0.15, -0.1) is 3.96 Å². The van der Waals surface area contributed by atoms with Gasteiger partial charge in [0.15, 0.2) is 7.05 Å². The molecule has 0 unspecified atom stereocenters. The zero-order valence-electron chi connectivity index (χ0n) is 9.87. The second-order valence-corrected chi connectivity index (χ2v) is 4.89. The zero-order valence-corrected chi connectivity index (χ0v) is 10.7. The molecule has 0 spiro atoms. The van der Waals surface area contributed by atoms with Gasteiger partial charge in [0.2, 0.25) is 0 Å². The van der Waals surface area contributed by atoms with E-state index in [0.29, 0.717) is 0 Å². The second-order valence-electron chi connectivity index (χ2n) is 3.86. The van der Waals surface area contributed by atoms with E-state index in [0.717, 1.165) is 12.5 Å². The second kappa shape index (κ2) is 7.69. The highest BCUT2D eigenvalue weighted by molar-refractivity contribution is 6.99. The first-order valence-electron chi connectivity index (χ1n) is 5.91. The minimum absolute atomic E-state index is 0.858. The fraction of sp³-hybridized carbons (Fsp3) is 0.750. The van der Waals surface area contributed by atoms with E-state index in [-0.39, 0.29) is 0 Å². The minimum Gasteiger partial charge on any atom is -0.444 e. The van der Waals surface area contributed by atoms with E-state index < -0.39 is 0 Å². The summed E-state index contributed by atoms with van der Waals surface area (Å²) in [4.78, 5) is 0. The van der Waals surface area contributed by atoms with Crippen molar-refractivity contribution in [3.63, 3.8) is 0 Å². The van der Waals surface area contributed by atoms with Crippen molar-refractivity contribution >= 4 is 11.5 Å². The summed E-state index contributed by atoms with van der Waals surface area (Å²) in [6.45, 7) is 3.11. The quantitative estimate of drug-likeness (QED) is 0.491. The molecule has 0 aromatic carbocycles. The van der Waals surface area contributed by atoms with Gasteiger partial charge in [-0.2, -0.15) is 0 Å². The van der Waals surface area contributed by atoms with E-state index in [4.69, 9.17) is 4.74 Å². The lowest BCUT2D eigenvalue weighted by atomic mass is 10.1. The predicted molar refractivity (Wildman–Crippen MR) is 64.4 cm³/mol. The molecule has 0 amide bonds. The summed E-state index contributed by atoms with van der Waals surface area (Å²) in [6, 6.07) is 2.03. The van der Waals surface area contributed by atoms with Crippen LogP contribution >= 0.6 is 11.5 Å². The number of ether oxygens (including phenoxy) is 1. The third kappa shape index (κ3) is 5.17. The maximum absolute atomic E-state index is 5.66. The van der Waals surface area contributed by atoms with Crippen molar-refractivity contribution in [2.45, 2.75) is 45.4 Å². The van der Waals surface area contributed by atoms with Crippen LogP contribution in [0.15, 0.2) is 11.4 Å². The molecule has 2 nitrogen and oxygen atoms in total. The van der Waals surface area contributed by atoms with Crippen molar-refractivity contribution in [2.24, 2.45) is 7.05 Å². The van der Waals surface area contributed by atoms with Crippen LogP contribution in [0.1, 0.15) is 45.4 Å². The number of hydrogen-bond acceptors (Lipinski definition) is 2. The maximum Gasteiger partial charge on any atom is 0.382 e. The van der Waals surface area contributed by atoms with Crippen LogP contribution in [0.3, 0.4) is 0 Å². The molecule has 15 heavy (non-hydrogen) atoms. The average Bonchev–Trinajstić information content (AvgIpc) is 2.63.